The minimum atomic E-state index is 0.255. The second kappa shape index (κ2) is 4.43. The van der Waals surface area contributed by atoms with Crippen molar-refractivity contribution in [1.29, 1.82) is 0 Å². The molecule has 1 aromatic rings. The van der Waals surface area contributed by atoms with Gasteiger partial charge >= 0.3 is 0 Å². The molecule has 1 atom stereocenters. The van der Waals surface area contributed by atoms with Gasteiger partial charge in [-0.25, -0.2) is 0 Å². The predicted octanol–water partition coefficient (Wildman–Crippen LogP) is 2.66. The molecule has 14 heavy (non-hydrogen) atoms. The van der Waals surface area contributed by atoms with Crippen molar-refractivity contribution in [3.8, 4) is 0 Å². The molecule has 2 rings (SSSR count). The number of hydrogen-bond donors (Lipinski definition) is 1. The summed E-state index contributed by atoms with van der Waals surface area (Å²) in [7, 11) is 0. The summed E-state index contributed by atoms with van der Waals surface area (Å²) in [5.41, 5.74) is 2.97. The number of rotatable bonds is 3. The topological polar surface area (TPSA) is 20.2 Å². The zero-order chi connectivity index (χ0) is 9.80. The molecule has 0 aliphatic heterocycles. The van der Waals surface area contributed by atoms with Crippen LogP contribution in [0.4, 0.5) is 0 Å². The van der Waals surface area contributed by atoms with Crippen LogP contribution in [0.3, 0.4) is 0 Å². The van der Waals surface area contributed by atoms with Crippen molar-refractivity contribution in [2.24, 2.45) is 0 Å². The highest BCUT2D eigenvalue weighted by atomic mass is 16.2. The number of aryl methyl sites for hydroxylation is 1. The van der Waals surface area contributed by atoms with Gasteiger partial charge in [0.1, 0.15) is 0 Å². The van der Waals surface area contributed by atoms with Crippen LogP contribution in [0.1, 0.15) is 29.9 Å². The monoisotopic (exact) mass is 188 g/mol. The van der Waals surface area contributed by atoms with E-state index in [1.165, 1.54) is 24.0 Å². The van der Waals surface area contributed by atoms with E-state index < -0.39 is 0 Å². The van der Waals surface area contributed by atoms with Crippen molar-refractivity contribution >= 4 is 0 Å². The first-order chi connectivity index (χ1) is 6.92. The van der Waals surface area contributed by atoms with Crippen LogP contribution in [0.5, 0.6) is 0 Å². The molecule has 1 aromatic carbocycles. The molecular weight excluding hydrogens is 172 g/mol. The maximum absolute atomic E-state index is 8.68. The van der Waals surface area contributed by atoms with Gasteiger partial charge < -0.3 is 5.11 Å². The summed E-state index contributed by atoms with van der Waals surface area (Å²) in [5, 5.41) is 8.68. The standard InChI is InChI=1S/C13H16O/c14-10-4-3-6-12-9-8-11-5-1-2-7-13(11)12/h1-3,5-7,12,14H,4,8-10H2. The Morgan fingerprint density at radius 1 is 1.36 bits per heavy atom. The van der Waals surface area contributed by atoms with Gasteiger partial charge in [0.2, 0.25) is 0 Å². The Labute approximate surface area is 85.1 Å². The molecule has 0 fully saturated rings. The van der Waals surface area contributed by atoms with Gasteiger partial charge in [-0.05, 0) is 30.4 Å². The highest BCUT2D eigenvalue weighted by Gasteiger charge is 2.18. The van der Waals surface area contributed by atoms with Crippen LogP contribution in [0, 0.1) is 0 Å². The van der Waals surface area contributed by atoms with E-state index in [0.29, 0.717) is 5.92 Å². The molecule has 0 bridgehead atoms. The van der Waals surface area contributed by atoms with Crippen molar-refractivity contribution in [1.82, 2.24) is 0 Å². The van der Waals surface area contributed by atoms with Crippen molar-refractivity contribution in [2.45, 2.75) is 25.2 Å². The van der Waals surface area contributed by atoms with Crippen LogP contribution in [0.2, 0.25) is 0 Å². The van der Waals surface area contributed by atoms with Crippen molar-refractivity contribution in [3.63, 3.8) is 0 Å². The van der Waals surface area contributed by atoms with E-state index in [0.717, 1.165) is 6.42 Å². The van der Waals surface area contributed by atoms with Crippen LogP contribution in [0.25, 0.3) is 0 Å². The Morgan fingerprint density at radius 3 is 3.07 bits per heavy atom. The zero-order valence-electron chi connectivity index (χ0n) is 8.32. The smallest absolute Gasteiger partial charge is 0.0465 e. The first-order valence-electron chi connectivity index (χ1n) is 5.27. The highest BCUT2D eigenvalue weighted by molar-refractivity contribution is 5.37. The molecule has 1 heteroatoms. The molecular formula is C13H16O. The van der Waals surface area contributed by atoms with Crippen LogP contribution in [0.15, 0.2) is 36.4 Å². The fraction of sp³-hybridized carbons (Fsp3) is 0.385. The summed E-state index contributed by atoms with van der Waals surface area (Å²) in [6, 6.07) is 8.65. The number of aliphatic hydroxyl groups is 1. The lowest BCUT2D eigenvalue weighted by Crippen LogP contribution is -1.88. The third-order valence-corrected chi connectivity index (χ3v) is 2.84. The van der Waals surface area contributed by atoms with Crippen LogP contribution in [-0.4, -0.2) is 11.7 Å². The van der Waals surface area contributed by atoms with E-state index in [-0.39, 0.29) is 6.61 Å². The van der Waals surface area contributed by atoms with E-state index in [9.17, 15) is 0 Å². The SMILES string of the molecule is OCCC=CC1CCc2ccccc21. The Hall–Kier alpha value is -1.08. The van der Waals surface area contributed by atoms with Gasteiger partial charge in [-0.15, -0.1) is 0 Å². The Bertz CT molecular complexity index is 328. The van der Waals surface area contributed by atoms with Gasteiger partial charge in [0.15, 0.2) is 0 Å². The van der Waals surface area contributed by atoms with Crippen LogP contribution >= 0.6 is 0 Å². The minimum Gasteiger partial charge on any atom is -0.396 e. The number of fused-ring (bicyclic) bond motifs is 1. The molecule has 0 radical (unpaired) electrons. The summed E-state index contributed by atoms with van der Waals surface area (Å²) in [4.78, 5) is 0. The molecule has 1 N–H and O–H groups in total. The Balaban J connectivity index is 2.10. The van der Waals surface area contributed by atoms with Gasteiger partial charge in [0.25, 0.3) is 0 Å². The lowest BCUT2D eigenvalue weighted by atomic mass is 10.0. The maximum atomic E-state index is 8.68. The van der Waals surface area contributed by atoms with E-state index in [4.69, 9.17) is 5.11 Å². The van der Waals surface area contributed by atoms with Crippen molar-refractivity contribution < 1.29 is 5.11 Å². The van der Waals surface area contributed by atoms with E-state index in [1.54, 1.807) is 0 Å². The maximum Gasteiger partial charge on any atom is 0.0465 e. The molecule has 0 aromatic heterocycles. The van der Waals surface area contributed by atoms with E-state index in [2.05, 4.69) is 36.4 Å². The number of hydrogen-bond acceptors (Lipinski definition) is 1. The summed E-state index contributed by atoms with van der Waals surface area (Å²) in [5.74, 6) is 0.581. The number of allylic oxidation sites excluding steroid dienone is 1. The molecule has 1 aliphatic rings. The second-order valence-electron chi connectivity index (χ2n) is 3.78. The van der Waals surface area contributed by atoms with Crippen molar-refractivity contribution in [3.05, 3.63) is 47.5 Å². The average Bonchev–Trinajstić information content (AvgIpc) is 2.63. The Morgan fingerprint density at radius 2 is 2.21 bits per heavy atom. The normalized spacial score (nSPS) is 20.2. The first-order valence-corrected chi connectivity index (χ1v) is 5.27. The molecule has 0 saturated carbocycles. The van der Waals surface area contributed by atoms with Crippen LogP contribution < -0.4 is 0 Å². The third kappa shape index (κ3) is 1.88. The van der Waals surface area contributed by atoms with E-state index >= 15 is 0 Å². The van der Waals surface area contributed by atoms with Crippen LogP contribution in [-0.2, 0) is 6.42 Å². The lowest BCUT2D eigenvalue weighted by molar-refractivity contribution is 0.302. The zero-order valence-corrected chi connectivity index (χ0v) is 8.32. The quantitative estimate of drug-likeness (QED) is 0.723. The summed E-state index contributed by atoms with van der Waals surface area (Å²) >= 11 is 0. The minimum absolute atomic E-state index is 0.255. The molecule has 0 spiro atoms. The largest absolute Gasteiger partial charge is 0.396 e. The van der Waals surface area contributed by atoms with E-state index in [1.807, 2.05) is 0 Å². The first kappa shape index (κ1) is 9.47. The average molecular weight is 188 g/mol. The molecule has 1 unspecified atom stereocenters. The molecule has 74 valence electrons. The number of benzene rings is 1. The lowest BCUT2D eigenvalue weighted by Gasteiger charge is -2.04. The van der Waals surface area contributed by atoms with Gasteiger partial charge in [-0.3, -0.25) is 0 Å². The van der Waals surface area contributed by atoms with Gasteiger partial charge in [-0.1, -0.05) is 36.4 Å². The second-order valence-corrected chi connectivity index (χ2v) is 3.78. The number of aliphatic hydroxyl groups excluding tert-OH is 1. The van der Waals surface area contributed by atoms with Gasteiger partial charge in [-0.2, -0.15) is 0 Å². The third-order valence-electron chi connectivity index (χ3n) is 2.84. The fourth-order valence-corrected chi connectivity index (χ4v) is 2.13. The van der Waals surface area contributed by atoms with Crippen molar-refractivity contribution in [2.75, 3.05) is 6.61 Å². The predicted molar refractivity (Wildman–Crippen MR) is 58.3 cm³/mol. The highest BCUT2D eigenvalue weighted by Crippen LogP contribution is 2.33. The summed E-state index contributed by atoms with van der Waals surface area (Å²) < 4.78 is 0. The molecule has 0 heterocycles. The van der Waals surface area contributed by atoms with Gasteiger partial charge in [0.05, 0.1) is 0 Å². The fourth-order valence-electron chi connectivity index (χ4n) is 2.13. The molecule has 0 saturated heterocycles. The molecule has 1 aliphatic carbocycles. The molecule has 1 nitrogen and oxygen atoms in total. The summed E-state index contributed by atoms with van der Waals surface area (Å²) in [6.45, 7) is 0.255. The summed E-state index contributed by atoms with van der Waals surface area (Å²) in [6.07, 6.45) is 7.53. The van der Waals surface area contributed by atoms with Gasteiger partial charge in [0, 0.05) is 12.5 Å². The molecule has 0 amide bonds. The Kier molecular flexibility index (Phi) is 3.00.